The van der Waals surface area contributed by atoms with Crippen LogP contribution in [0.5, 0.6) is 0 Å². The topological polar surface area (TPSA) is 75.6 Å². The van der Waals surface area contributed by atoms with Crippen LogP contribution < -0.4 is 5.32 Å². The fourth-order valence-corrected chi connectivity index (χ4v) is 2.23. The lowest BCUT2D eigenvalue weighted by Crippen LogP contribution is -2.43. The largest absolute Gasteiger partial charge is 0.480 e. The summed E-state index contributed by atoms with van der Waals surface area (Å²) in [5, 5.41) is 11.5. The molecule has 0 heterocycles. The van der Waals surface area contributed by atoms with Gasteiger partial charge in [-0.25, -0.2) is 9.59 Å². The predicted molar refractivity (Wildman–Crippen MR) is 76.5 cm³/mol. The van der Waals surface area contributed by atoms with E-state index in [4.69, 9.17) is 9.84 Å². The molecule has 0 aliphatic heterocycles. The van der Waals surface area contributed by atoms with E-state index in [-0.39, 0.29) is 6.42 Å². The molecule has 5 nitrogen and oxygen atoms in total. The Morgan fingerprint density at radius 3 is 2.45 bits per heavy atom. The summed E-state index contributed by atoms with van der Waals surface area (Å²) in [6.45, 7) is 5.22. The molecule has 114 valence electrons. The van der Waals surface area contributed by atoms with Gasteiger partial charge in [0.1, 0.15) is 11.6 Å². The third kappa shape index (κ3) is 6.59. The molecule has 1 amide bonds. The van der Waals surface area contributed by atoms with Crippen molar-refractivity contribution in [1.82, 2.24) is 5.32 Å². The molecule has 0 spiro atoms. The van der Waals surface area contributed by atoms with Crippen LogP contribution in [0, 0.1) is 5.92 Å². The van der Waals surface area contributed by atoms with Gasteiger partial charge in [-0.15, -0.1) is 0 Å². The number of allylic oxidation sites excluding steroid dienone is 1. The minimum Gasteiger partial charge on any atom is -0.480 e. The molecule has 1 fully saturated rings. The van der Waals surface area contributed by atoms with Crippen molar-refractivity contribution in [3.05, 3.63) is 12.2 Å². The summed E-state index contributed by atoms with van der Waals surface area (Å²) in [5.74, 6) is -0.488. The maximum Gasteiger partial charge on any atom is 0.408 e. The summed E-state index contributed by atoms with van der Waals surface area (Å²) in [6.07, 6.45) is 8.35. The molecule has 1 saturated carbocycles. The fraction of sp³-hybridized carbons (Fsp3) is 0.733. The standard InChI is InChI=1S/C15H25NO4/c1-15(2,3)20-14(19)16-12(13(17)18)10-6-9-11-7-4-5-8-11/h6,9,11-12H,4-5,7-8,10H2,1-3H3,(H,16,19)(H,17,18)/b9-6+/t12-/m0/s1. The minimum atomic E-state index is -1.05. The van der Waals surface area contributed by atoms with E-state index in [1.165, 1.54) is 25.7 Å². The lowest BCUT2D eigenvalue weighted by molar-refractivity contribution is -0.139. The van der Waals surface area contributed by atoms with E-state index in [2.05, 4.69) is 11.4 Å². The lowest BCUT2D eigenvalue weighted by atomic mass is 10.1. The first-order chi connectivity index (χ1) is 9.28. The number of carboxylic acid groups (broad SMARTS) is 1. The number of ether oxygens (including phenoxy) is 1. The monoisotopic (exact) mass is 283 g/mol. The highest BCUT2D eigenvalue weighted by atomic mass is 16.6. The number of aliphatic carboxylic acids is 1. The Balaban J connectivity index is 2.43. The summed E-state index contributed by atoms with van der Waals surface area (Å²) in [5.41, 5.74) is -0.632. The minimum absolute atomic E-state index is 0.283. The Morgan fingerprint density at radius 2 is 1.95 bits per heavy atom. The molecular weight excluding hydrogens is 258 g/mol. The van der Waals surface area contributed by atoms with Crippen LogP contribution in [-0.4, -0.2) is 28.8 Å². The number of nitrogens with one attached hydrogen (secondary N) is 1. The van der Waals surface area contributed by atoms with Gasteiger partial charge in [-0.1, -0.05) is 25.0 Å². The Hall–Kier alpha value is -1.52. The van der Waals surface area contributed by atoms with Gasteiger partial charge in [0.25, 0.3) is 0 Å². The van der Waals surface area contributed by atoms with Crippen LogP contribution in [0.2, 0.25) is 0 Å². The second-order valence-corrected chi connectivity index (χ2v) is 6.25. The van der Waals surface area contributed by atoms with E-state index in [1.54, 1.807) is 20.8 Å². The van der Waals surface area contributed by atoms with Gasteiger partial charge in [-0.05, 0) is 46.0 Å². The van der Waals surface area contributed by atoms with Crippen LogP contribution in [0.25, 0.3) is 0 Å². The van der Waals surface area contributed by atoms with Crippen LogP contribution in [0.1, 0.15) is 52.9 Å². The normalized spacial score (nSPS) is 18.1. The van der Waals surface area contributed by atoms with Gasteiger partial charge >= 0.3 is 12.1 Å². The second-order valence-electron chi connectivity index (χ2n) is 6.25. The van der Waals surface area contributed by atoms with E-state index >= 15 is 0 Å². The lowest BCUT2D eigenvalue weighted by Gasteiger charge is -2.21. The van der Waals surface area contributed by atoms with Crippen molar-refractivity contribution in [2.75, 3.05) is 0 Å². The number of carbonyl (C=O) groups excluding carboxylic acids is 1. The molecule has 2 N–H and O–H groups in total. The third-order valence-corrected chi connectivity index (χ3v) is 3.17. The van der Waals surface area contributed by atoms with Crippen molar-refractivity contribution < 1.29 is 19.4 Å². The number of hydrogen-bond acceptors (Lipinski definition) is 3. The molecule has 0 bridgehead atoms. The Bertz CT molecular complexity index is 365. The van der Waals surface area contributed by atoms with Gasteiger partial charge in [0.15, 0.2) is 0 Å². The molecule has 0 aromatic heterocycles. The van der Waals surface area contributed by atoms with Crippen LogP contribution in [0.3, 0.4) is 0 Å². The molecular formula is C15H25NO4. The van der Waals surface area contributed by atoms with Gasteiger partial charge < -0.3 is 15.2 Å². The van der Waals surface area contributed by atoms with Crippen molar-refractivity contribution >= 4 is 12.1 Å². The van der Waals surface area contributed by atoms with Crippen molar-refractivity contribution in [2.45, 2.75) is 64.5 Å². The van der Waals surface area contributed by atoms with Crippen molar-refractivity contribution in [1.29, 1.82) is 0 Å². The Kier molecular flexibility index (Phi) is 6.05. The average Bonchev–Trinajstić information content (AvgIpc) is 2.77. The number of hydrogen-bond donors (Lipinski definition) is 2. The maximum atomic E-state index is 11.6. The number of amides is 1. The molecule has 1 rings (SSSR count). The van der Waals surface area contributed by atoms with Gasteiger partial charge in [0, 0.05) is 0 Å². The molecule has 0 saturated heterocycles. The maximum absolute atomic E-state index is 11.6. The zero-order chi connectivity index (χ0) is 15.2. The highest BCUT2D eigenvalue weighted by Gasteiger charge is 2.23. The molecule has 0 unspecified atom stereocenters. The van der Waals surface area contributed by atoms with Crippen molar-refractivity contribution in [3.63, 3.8) is 0 Å². The van der Waals surface area contributed by atoms with E-state index in [1.807, 2.05) is 6.08 Å². The average molecular weight is 283 g/mol. The molecule has 1 atom stereocenters. The molecule has 0 aromatic carbocycles. The van der Waals surface area contributed by atoms with Crippen LogP contribution in [-0.2, 0) is 9.53 Å². The predicted octanol–water partition coefficient (Wildman–Crippen LogP) is 3.10. The third-order valence-electron chi connectivity index (χ3n) is 3.17. The van der Waals surface area contributed by atoms with Crippen molar-refractivity contribution in [3.8, 4) is 0 Å². The number of carboxylic acids is 1. The molecule has 0 aromatic rings. The zero-order valence-electron chi connectivity index (χ0n) is 12.5. The van der Waals surface area contributed by atoms with E-state index in [0.717, 1.165) is 0 Å². The zero-order valence-corrected chi connectivity index (χ0v) is 12.5. The fourth-order valence-electron chi connectivity index (χ4n) is 2.23. The summed E-state index contributed by atoms with van der Waals surface area (Å²) in [7, 11) is 0. The highest BCUT2D eigenvalue weighted by molar-refractivity contribution is 5.80. The van der Waals surface area contributed by atoms with Crippen LogP contribution in [0.4, 0.5) is 4.79 Å². The van der Waals surface area contributed by atoms with Gasteiger partial charge in [-0.3, -0.25) is 0 Å². The molecule has 1 aliphatic rings. The Morgan fingerprint density at radius 1 is 1.35 bits per heavy atom. The molecule has 5 heteroatoms. The van der Waals surface area contributed by atoms with E-state index in [9.17, 15) is 9.59 Å². The molecule has 0 radical (unpaired) electrons. The van der Waals surface area contributed by atoms with Crippen LogP contribution in [0.15, 0.2) is 12.2 Å². The first-order valence-electron chi connectivity index (χ1n) is 7.17. The molecule has 20 heavy (non-hydrogen) atoms. The van der Waals surface area contributed by atoms with E-state index < -0.39 is 23.7 Å². The van der Waals surface area contributed by atoms with Crippen LogP contribution >= 0.6 is 0 Å². The summed E-state index contributed by atoms with van der Waals surface area (Å²) >= 11 is 0. The summed E-state index contributed by atoms with van der Waals surface area (Å²) in [6, 6.07) is -0.942. The first-order valence-corrected chi connectivity index (χ1v) is 7.17. The number of alkyl carbamates (subject to hydrolysis) is 1. The second kappa shape index (κ2) is 7.31. The smallest absolute Gasteiger partial charge is 0.408 e. The summed E-state index contributed by atoms with van der Waals surface area (Å²) in [4.78, 5) is 22.7. The van der Waals surface area contributed by atoms with Gasteiger partial charge in [-0.2, -0.15) is 0 Å². The Labute approximate surface area is 120 Å². The van der Waals surface area contributed by atoms with Crippen molar-refractivity contribution in [2.24, 2.45) is 5.92 Å². The highest BCUT2D eigenvalue weighted by Crippen LogP contribution is 2.25. The SMILES string of the molecule is CC(C)(C)OC(=O)N[C@@H](C/C=C/C1CCCC1)C(=O)O. The van der Waals surface area contributed by atoms with E-state index in [0.29, 0.717) is 5.92 Å². The quantitative estimate of drug-likeness (QED) is 0.760. The summed E-state index contributed by atoms with van der Waals surface area (Å²) < 4.78 is 5.06. The van der Waals surface area contributed by atoms with Gasteiger partial charge in [0.2, 0.25) is 0 Å². The molecule has 1 aliphatic carbocycles. The first kappa shape index (κ1) is 16.5. The number of carbonyl (C=O) groups is 2. The van der Waals surface area contributed by atoms with Gasteiger partial charge in [0.05, 0.1) is 0 Å². The number of rotatable bonds is 5.